The second-order valence-corrected chi connectivity index (χ2v) is 5.45. The lowest BCUT2D eigenvalue weighted by atomic mass is 10.7. The highest BCUT2D eigenvalue weighted by molar-refractivity contribution is 7.92. The van der Waals surface area contributed by atoms with Crippen LogP contribution in [0.1, 0.15) is 0 Å². The van der Waals surface area contributed by atoms with Gasteiger partial charge in [-0.1, -0.05) is 11.6 Å². The Bertz CT molecular complexity index is 383. The molecule has 66 valence electrons. The zero-order chi connectivity index (χ0) is 9.19. The molecule has 0 spiro atoms. The molecule has 0 saturated heterocycles. The fourth-order valence-electron chi connectivity index (χ4n) is 0.564. The first kappa shape index (κ1) is 9.50. The van der Waals surface area contributed by atoms with Crippen LogP contribution in [0.5, 0.6) is 0 Å². The number of rotatable bonds is 3. The third kappa shape index (κ3) is 1.96. The van der Waals surface area contributed by atoms with E-state index in [0.717, 1.165) is 11.3 Å². The van der Waals surface area contributed by atoms with Gasteiger partial charge in [0, 0.05) is 0 Å². The summed E-state index contributed by atoms with van der Waals surface area (Å²) in [5.41, 5.74) is 0. The molecule has 1 amide bonds. The monoisotopic (exact) mass is 225 g/mol. The van der Waals surface area contributed by atoms with Crippen molar-refractivity contribution in [2.45, 2.75) is 4.21 Å². The van der Waals surface area contributed by atoms with E-state index in [0.29, 0.717) is 4.34 Å². The quantitative estimate of drug-likeness (QED) is 0.776. The number of halogens is 1. The molecule has 0 radical (unpaired) electrons. The van der Waals surface area contributed by atoms with Crippen LogP contribution in [0.4, 0.5) is 0 Å². The standard InChI is InChI=1S/C5H4ClNO3S2/c6-4-1-2-5(11-4)12(9,10)7-3-8/h1-3H,(H,7,8). The van der Waals surface area contributed by atoms with Crippen LogP contribution in [-0.4, -0.2) is 14.8 Å². The molecule has 0 fully saturated rings. The molecule has 12 heavy (non-hydrogen) atoms. The van der Waals surface area contributed by atoms with E-state index in [4.69, 9.17) is 11.6 Å². The maximum atomic E-state index is 11.1. The Balaban J connectivity index is 3.06. The van der Waals surface area contributed by atoms with Crippen LogP contribution >= 0.6 is 22.9 Å². The molecule has 0 aliphatic rings. The molecular weight excluding hydrogens is 222 g/mol. The second-order valence-electron chi connectivity index (χ2n) is 1.80. The average Bonchev–Trinajstić information content (AvgIpc) is 2.36. The minimum Gasteiger partial charge on any atom is -0.278 e. The minimum absolute atomic E-state index is 0.0274. The Labute approximate surface area is 78.2 Å². The first-order valence-corrected chi connectivity index (χ1v) is 5.45. The van der Waals surface area contributed by atoms with Gasteiger partial charge in [0.1, 0.15) is 4.21 Å². The molecule has 0 bridgehead atoms. The molecule has 4 nitrogen and oxygen atoms in total. The van der Waals surface area contributed by atoms with Crippen LogP contribution < -0.4 is 4.72 Å². The van der Waals surface area contributed by atoms with Crippen LogP contribution in [0.3, 0.4) is 0 Å². The Morgan fingerprint density at radius 1 is 1.50 bits per heavy atom. The first-order chi connectivity index (χ1) is 5.56. The molecule has 0 unspecified atom stereocenters. The molecule has 0 aliphatic heterocycles. The lowest BCUT2D eigenvalue weighted by molar-refractivity contribution is -0.108. The second kappa shape index (κ2) is 3.42. The summed E-state index contributed by atoms with van der Waals surface area (Å²) in [6.45, 7) is 0. The molecule has 0 atom stereocenters. The number of hydrogen-bond donors (Lipinski definition) is 1. The first-order valence-electron chi connectivity index (χ1n) is 2.77. The van der Waals surface area contributed by atoms with Gasteiger partial charge in [-0.2, -0.15) is 0 Å². The van der Waals surface area contributed by atoms with E-state index in [1.165, 1.54) is 12.1 Å². The van der Waals surface area contributed by atoms with Gasteiger partial charge >= 0.3 is 0 Å². The maximum absolute atomic E-state index is 11.1. The van der Waals surface area contributed by atoms with Crippen LogP contribution in [0.25, 0.3) is 0 Å². The van der Waals surface area contributed by atoms with E-state index in [2.05, 4.69) is 0 Å². The van der Waals surface area contributed by atoms with Gasteiger partial charge in [0.2, 0.25) is 6.41 Å². The fraction of sp³-hybridized carbons (Fsp3) is 0. The van der Waals surface area contributed by atoms with Crippen molar-refractivity contribution in [2.24, 2.45) is 0 Å². The Morgan fingerprint density at radius 3 is 2.58 bits per heavy atom. The molecule has 7 heteroatoms. The Morgan fingerprint density at radius 2 is 2.17 bits per heavy atom. The zero-order valence-electron chi connectivity index (χ0n) is 5.65. The lowest BCUT2D eigenvalue weighted by Gasteiger charge is -1.95. The van der Waals surface area contributed by atoms with Crippen molar-refractivity contribution in [1.82, 2.24) is 4.72 Å². The maximum Gasteiger partial charge on any atom is 0.273 e. The summed E-state index contributed by atoms with van der Waals surface area (Å²) in [5.74, 6) is 0. The topological polar surface area (TPSA) is 63.2 Å². The van der Waals surface area contributed by atoms with Crippen LogP contribution in [0, 0.1) is 0 Å². The fourth-order valence-corrected chi connectivity index (χ4v) is 2.82. The van der Waals surface area contributed by atoms with Gasteiger partial charge in [-0.05, 0) is 12.1 Å². The highest BCUT2D eigenvalue weighted by Gasteiger charge is 2.14. The molecular formula is C5H4ClNO3S2. The highest BCUT2D eigenvalue weighted by atomic mass is 35.5. The zero-order valence-corrected chi connectivity index (χ0v) is 8.04. The largest absolute Gasteiger partial charge is 0.278 e. The van der Waals surface area contributed by atoms with E-state index in [1.807, 2.05) is 0 Å². The van der Waals surface area contributed by atoms with Gasteiger partial charge in [-0.25, -0.2) is 8.42 Å². The van der Waals surface area contributed by atoms with Crippen LogP contribution in [0.15, 0.2) is 16.3 Å². The van der Waals surface area contributed by atoms with Gasteiger partial charge in [0.05, 0.1) is 4.34 Å². The van der Waals surface area contributed by atoms with E-state index in [1.54, 1.807) is 4.72 Å². The summed E-state index contributed by atoms with van der Waals surface area (Å²) in [6.07, 6.45) is 0.114. The van der Waals surface area contributed by atoms with Crippen molar-refractivity contribution >= 4 is 39.4 Å². The number of amides is 1. The lowest BCUT2D eigenvalue weighted by Crippen LogP contribution is -2.20. The third-order valence-electron chi connectivity index (χ3n) is 1.02. The summed E-state index contributed by atoms with van der Waals surface area (Å²) in [5, 5.41) is 0. The SMILES string of the molecule is O=CNS(=O)(=O)c1ccc(Cl)s1. The van der Waals surface area contributed by atoms with E-state index >= 15 is 0 Å². The number of sulfonamides is 1. The molecule has 1 aromatic rings. The minimum atomic E-state index is -3.67. The van der Waals surface area contributed by atoms with Crippen molar-refractivity contribution < 1.29 is 13.2 Å². The Hall–Kier alpha value is -0.590. The normalized spacial score (nSPS) is 11.1. The van der Waals surface area contributed by atoms with Gasteiger partial charge in [0.15, 0.2) is 0 Å². The van der Waals surface area contributed by atoms with Gasteiger partial charge in [-0.3, -0.25) is 9.52 Å². The number of carbonyl (C=O) groups is 1. The molecule has 1 heterocycles. The average molecular weight is 226 g/mol. The molecule has 0 aliphatic carbocycles. The van der Waals surface area contributed by atoms with Crippen molar-refractivity contribution in [2.75, 3.05) is 0 Å². The molecule has 1 aromatic heterocycles. The number of hydrogen-bond acceptors (Lipinski definition) is 4. The number of thiophene rings is 1. The smallest absolute Gasteiger partial charge is 0.273 e. The highest BCUT2D eigenvalue weighted by Crippen LogP contribution is 2.24. The van der Waals surface area contributed by atoms with Crippen molar-refractivity contribution in [3.05, 3.63) is 16.5 Å². The third-order valence-corrected chi connectivity index (χ3v) is 4.02. The van der Waals surface area contributed by atoms with Crippen molar-refractivity contribution in [1.29, 1.82) is 0 Å². The van der Waals surface area contributed by atoms with Gasteiger partial charge in [-0.15, -0.1) is 11.3 Å². The van der Waals surface area contributed by atoms with Crippen LogP contribution in [0.2, 0.25) is 4.34 Å². The molecule has 1 N–H and O–H groups in total. The van der Waals surface area contributed by atoms with Crippen LogP contribution in [-0.2, 0) is 14.8 Å². The van der Waals surface area contributed by atoms with E-state index in [-0.39, 0.29) is 10.6 Å². The molecule has 0 aromatic carbocycles. The summed E-state index contributed by atoms with van der Waals surface area (Å²) in [7, 11) is -3.67. The van der Waals surface area contributed by atoms with Gasteiger partial charge in [0.25, 0.3) is 10.0 Å². The molecule has 1 rings (SSSR count). The summed E-state index contributed by atoms with van der Waals surface area (Å²) in [6, 6.07) is 2.78. The predicted octanol–water partition coefficient (Wildman–Crippen LogP) is 0.836. The van der Waals surface area contributed by atoms with E-state index in [9.17, 15) is 13.2 Å². The predicted molar refractivity (Wildman–Crippen MR) is 45.7 cm³/mol. The van der Waals surface area contributed by atoms with Crippen molar-refractivity contribution in [3.8, 4) is 0 Å². The van der Waals surface area contributed by atoms with Crippen molar-refractivity contribution in [3.63, 3.8) is 0 Å². The summed E-state index contributed by atoms with van der Waals surface area (Å²) in [4.78, 5) is 9.88. The summed E-state index contributed by atoms with van der Waals surface area (Å²) < 4.78 is 24.2. The van der Waals surface area contributed by atoms with E-state index < -0.39 is 10.0 Å². The Kier molecular flexibility index (Phi) is 2.71. The van der Waals surface area contributed by atoms with Gasteiger partial charge < -0.3 is 0 Å². The number of nitrogens with one attached hydrogen (secondary N) is 1. The molecule has 0 saturated carbocycles. The summed E-state index contributed by atoms with van der Waals surface area (Å²) >= 11 is 6.40. The number of carbonyl (C=O) groups excluding carboxylic acids is 1.